The molecule has 2 N–H and O–H groups in total. The lowest BCUT2D eigenvalue weighted by Crippen LogP contribution is -2.49. The number of aromatic nitrogens is 1. The maximum Gasteiger partial charge on any atom is 0.415 e. The highest BCUT2D eigenvalue weighted by atomic mass is 16.4. The van der Waals surface area contributed by atoms with E-state index in [2.05, 4.69) is 4.98 Å². The van der Waals surface area contributed by atoms with Crippen molar-refractivity contribution in [1.82, 2.24) is 9.88 Å². The van der Waals surface area contributed by atoms with E-state index in [0.717, 1.165) is 11.1 Å². The fraction of sp³-hybridized carbons (Fsp3) is 0.111. The van der Waals surface area contributed by atoms with Crippen molar-refractivity contribution >= 4 is 23.5 Å². The SMILES string of the molecule is O=C(O)C1CC(c2ccc(-c3cccnc3)cc2)=CC(=O)N1C(=O)O. The van der Waals surface area contributed by atoms with Gasteiger partial charge in [-0.15, -0.1) is 0 Å². The summed E-state index contributed by atoms with van der Waals surface area (Å²) in [5, 5.41) is 18.3. The van der Waals surface area contributed by atoms with Crippen LogP contribution in [-0.4, -0.2) is 44.1 Å². The van der Waals surface area contributed by atoms with Crippen LogP contribution in [0.3, 0.4) is 0 Å². The molecule has 0 radical (unpaired) electrons. The first kappa shape index (κ1) is 16.4. The molecule has 1 atom stereocenters. The first-order chi connectivity index (χ1) is 12.0. The molecule has 0 saturated heterocycles. The van der Waals surface area contributed by atoms with Crippen LogP contribution in [-0.2, 0) is 9.59 Å². The Bertz CT molecular complexity index is 859. The van der Waals surface area contributed by atoms with Crippen molar-refractivity contribution in [3.63, 3.8) is 0 Å². The molecule has 1 aromatic carbocycles. The van der Waals surface area contributed by atoms with E-state index >= 15 is 0 Å². The lowest BCUT2D eigenvalue weighted by molar-refractivity contribution is -0.147. The van der Waals surface area contributed by atoms with Crippen molar-refractivity contribution in [3.05, 3.63) is 60.4 Å². The predicted molar refractivity (Wildman–Crippen MR) is 88.6 cm³/mol. The Morgan fingerprint density at radius 1 is 1.04 bits per heavy atom. The van der Waals surface area contributed by atoms with Crippen LogP contribution in [0, 0.1) is 0 Å². The Morgan fingerprint density at radius 3 is 2.28 bits per heavy atom. The van der Waals surface area contributed by atoms with Crippen molar-refractivity contribution in [2.24, 2.45) is 0 Å². The summed E-state index contributed by atoms with van der Waals surface area (Å²) in [6.45, 7) is 0. The van der Waals surface area contributed by atoms with Gasteiger partial charge in [-0.1, -0.05) is 30.3 Å². The highest BCUT2D eigenvalue weighted by Crippen LogP contribution is 2.29. The minimum atomic E-state index is -1.57. The molecule has 1 aliphatic rings. The lowest BCUT2D eigenvalue weighted by atomic mass is 9.93. The number of rotatable bonds is 3. The minimum absolute atomic E-state index is 0.0698. The fourth-order valence-electron chi connectivity index (χ4n) is 2.77. The van der Waals surface area contributed by atoms with E-state index < -0.39 is 24.0 Å². The van der Waals surface area contributed by atoms with E-state index in [0.29, 0.717) is 16.0 Å². The summed E-state index contributed by atoms with van der Waals surface area (Å²) in [7, 11) is 0. The molecule has 1 unspecified atom stereocenters. The summed E-state index contributed by atoms with van der Waals surface area (Å²) < 4.78 is 0. The van der Waals surface area contributed by atoms with Gasteiger partial charge < -0.3 is 10.2 Å². The van der Waals surface area contributed by atoms with Gasteiger partial charge >= 0.3 is 12.1 Å². The molecule has 0 aliphatic carbocycles. The van der Waals surface area contributed by atoms with Crippen LogP contribution in [0.4, 0.5) is 4.79 Å². The second kappa shape index (κ2) is 6.56. The lowest BCUT2D eigenvalue weighted by Gasteiger charge is -2.28. The van der Waals surface area contributed by atoms with E-state index in [4.69, 9.17) is 5.11 Å². The number of imide groups is 1. The molecule has 0 spiro atoms. The van der Waals surface area contributed by atoms with Gasteiger partial charge in [-0.25, -0.2) is 14.5 Å². The van der Waals surface area contributed by atoms with Crippen LogP contribution in [0.2, 0.25) is 0 Å². The van der Waals surface area contributed by atoms with Gasteiger partial charge in [0, 0.05) is 24.9 Å². The molecule has 25 heavy (non-hydrogen) atoms. The molecule has 3 rings (SSSR count). The van der Waals surface area contributed by atoms with E-state index in [1.807, 2.05) is 24.3 Å². The summed E-state index contributed by atoms with van der Waals surface area (Å²) in [5.41, 5.74) is 3.04. The molecular weight excluding hydrogens is 324 g/mol. The summed E-state index contributed by atoms with van der Waals surface area (Å²) in [5.74, 6) is -2.20. The van der Waals surface area contributed by atoms with Crippen molar-refractivity contribution in [2.45, 2.75) is 12.5 Å². The molecule has 2 amide bonds. The molecule has 7 heteroatoms. The first-order valence-corrected chi connectivity index (χ1v) is 7.47. The quantitative estimate of drug-likeness (QED) is 0.890. The number of carbonyl (C=O) groups excluding carboxylic acids is 1. The molecule has 0 fully saturated rings. The monoisotopic (exact) mass is 338 g/mol. The van der Waals surface area contributed by atoms with Gasteiger partial charge in [0.05, 0.1) is 0 Å². The Labute approximate surface area is 142 Å². The number of nitrogens with zero attached hydrogens (tertiary/aromatic N) is 2. The maximum absolute atomic E-state index is 12.0. The van der Waals surface area contributed by atoms with Crippen LogP contribution in [0.25, 0.3) is 16.7 Å². The van der Waals surface area contributed by atoms with Crippen molar-refractivity contribution in [3.8, 4) is 11.1 Å². The average Bonchev–Trinajstić information content (AvgIpc) is 2.61. The second-order valence-electron chi connectivity index (χ2n) is 5.54. The zero-order valence-electron chi connectivity index (χ0n) is 13.0. The van der Waals surface area contributed by atoms with Crippen LogP contribution in [0.1, 0.15) is 12.0 Å². The summed E-state index contributed by atoms with van der Waals surface area (Å²) in [6.07, 6.45) is 2.94. The number of carboxylic acids is 1. The standard InChI is InChI=1S/C18H14N2O5/c21-16-9-14(8-15(17(22)23)20(16)18(24)25)12-5-3-11(4-6-12)13-2-1-7-19-10-13/h1-7,9-10,15H,8H2,(H,22,23)(H,24,25). The molecule has 0 saturated carbocycles. The summed E-state index contributed by atoms with van der Waals surface area (Å²) in [6, 6.07) is 9.55. The van der Waals surface area contributed by atoms with E-state index in [1.54, 1.807) is 24.5 Å². The molecule has 1 aliphatic heterocycles. The summed E-state index contributed by atoms with van der Waals surface area (Å²) in [4.78, 5) is 38.9. The topological polar surface area (TPSA) is 108 Å². The highest BCUT2D eigenvalue weighted by Gasteiger charge is 2.38. The summed E-state index contributed by atoms with van der Waals surface area (Å²) >= 11 is 0. The van der Waals surface area contributed by atoms with Gasteiger partial charge in [0.25, 0.3) is 5.91 Å². The minimum Gasteiger partial charge on any atom is -0.480 e. The van der Waals surface area contributed by atoms with Crippen LogP contribution in [0.5, 0.6) is 0 Å². The smallest absolute Gasteiger partial charge is 0.415 e. The third-order valence-electron chi connectivity index (χ3n) is 4.00. The number of carboxylic acid groups (broad SMARTS) is 2. The van der Waals surface area contributed by atoms with E-state index in [1.165, 1.54) is 6.08 Å². The number of hydrogen-bond acceptors (Lipinski definition) is 4. The third kappa shape index (κ3) is 3.25. The average molecular weight is 338 g/mol. The van der Waals surface area contributed by atoms with Crippen molar-refractivity contribution < 1.29 is 24.6 Å². The molecule has 0 bridgehead atoms. The van der Waals surface area contributed by atoms with Crippen molar-refractivity contribution in [1.29, 1.82) is 0 Å². The predicted octanol–water partition coefficient (Wildman–Crippen LogP) is 2.50. The molecular formula is C18H14N2O5. The van der Waals surface area contributed by atoms with Gasteiger partial charge in [-0.2, -0.15) is 0 Å². The number of aliphatic carboxylic acids is 1. The largest absolute Gasteiger partial charge is 0.480 e. The number of hydrogen-bond donors (Lipinski definition) is 2. The Balaban J connectivity index is 1.91. The number of benzene rings is 1. The van der Waals surface area contributed by atoms with Gasteiger partial charge in [0.1, 0.15) is 6.04 Å². The molecule has 2 heterocycles. The zero-order chi connectivity index (χ0) is 18.0. The normalized spacial score (nSPS) is 17.1. The zero-order valence-corrected chi connectivity index (χ0v) is 13.0. The fourth-order valence-corrected chi connectivity index (χ4v) is 2.77. The van der Waals surface area contributed by atoms with Gasteiger partial charge in [-0.3, -0.25) is 9.78 Å². The number of pyridine rings is 1. The third-order valence-corrected chi connectivity index (χ3v) is 4.00. The Morgan fingerprint density at radius 2 is 1.72 bits per heavy atom. The highest BCUT2D eigenvalue weighted by molar-refractivity contribution is 6.07. The van der Waals surface area contributed by atoms with Crippen LogP contribution in [0.15, 0.2) is 54.9 Å². The van der Waals surface area contributed by atoms with E-state index in [9.17, 15) is 19.5 Å². The number of amides is 2. The van der Waals surface area contributed by atoms with E-state index in [-0.39, 0.29) is 6.42 Å². The Kier molecular flexibility index (Phi) is 4.30. The molecule has 126 valence electrons. The maximum atomic E-state index is 12.0. The van der Waals surface area contributed by atoms with Gasteiger partial charge in [0.15, 0.2) is 0 Å². The molecule has 1 aromatic heterocycles. The Hall–Kier alpha value is -3.48. The van der Waals surface area contributed by atoms with Crippen LogP contribution >= 0.6 is 0 Å². The van der Waals surface area contributed by atoms with Crippen LogP contribution < -0.4 is 0 Å². The molecule has 7 nitrogen and oxygen atoms in total. The van der Waals surface area contributed by atoms with Gasteiger partial charge in [0.2, 0.25) is 0 Å². The second-order valence-corrected chi connectivity index (χ2v) is 5.54. The number of carbonyl (C=O) groups is 3. The molecule has 2 aromatic rings. The first-order valence-electron chi connectivity index (χ1n) is 7.47. The van der Waals surface area contributed by atoms with Crippen molar-refractivity contribution in [2.75, 3.05) is 0 Å². The van der Waals surface area contributed by atoms with Gasteiger partial charge in [-0.05, 0) is 28.3 Å².